The zero-order valence-electron chi connectivity index (χ0n) is 14.6. The summed E-state index contributed by atoms with van der Waals surface area (Å²) < 4.78 is 0. The number of aryl methyl sites for hydroxylation is 2. The molecule has 0 spiro atoms. The Kier molecular flexibility index (Phi) is 4.59. The molecule has 3 aromatic rings. The quantitative estimate of drug-likeness (QED) is 0.774. The van der Waals surface area contributed by atoms with E-state index in [1.165, 1.54) is 17.7 Å². The maximum atomic E-state index is 4.76. The van der Waals surface area contributed by atoms with Crippen LogP contribution in [0.25, 0.3) is 11.5 Å². The molecule has 1 saturated heterocycles. The number of nitrogens with zero attached hydrogens (tertiary/aromatic N) is 5. The summed E-state index contributed by atoms with van der Waals surface area (Å²) >= 11 is 1.74. The van der Waals surface area contributed by atoms with E-state index in [-0.39, 0.29) is 0 Å². The van der Waals surface area contributed by atoms with E-state index in [1.807, 2.05) is 18.6 Å². The van der Waals surface area contributed by atoms with E-state index in [4.69, 9.17) is 4.98 Å². The van der Waals surface area contributed by atoms with Gasteiger partial charge in [-0.15, -0.1) is 11.3 Å². The van der Waals surface area contributed by atoms with Gasteiger partial charge in [-0.2, -0.15) is 0 Å². The van der Waals surface area contributed by atoms with Crippen molar-refractivity contribution in [3.05, 3.63) is 46.1 Å². The van der Waals surface area contributed by atoms with Crippen LogP contribution in [0.3, 0.4) is 0 Å². The molecule has 1 fully saturated rings. The largest absolute Gasteiger partial charge is 0.343 e. The fourth-order valence-electron chi connectivity index (χ4n) is 3.47. The molecule has 7 heteroatoms. The molecule has 4 heterocycles. The van der Waals surface area contributed by atoms with E-state index in [0.29, 0.717) is 6.04 Å². The molecule has 6 nitrogen and oxygen atoms in total. The van der Waals surface area contributed by atoms with Crippen molar-refractivity contribution in [2.75, 3.05) is 6.54 Å². The second-order valence-corrected chi connectivity index (χ2v) is 7.45. The Morgan fingerprint density at radius 3 is 2.92 bits per heavy atom. The summed E-state index contributed by atoms with van der Waals surface area (Å²) in [6.45, 7) is 6.09. The van der Waals surface area contributed by atoms with Gasteiger partial charge in [0.2, 0.25) is 0 Å². The van der Waals surface area contributed by atoms with Crippen molar-refractivity contribution < 1.29 is 0 Å². The lowest BCUT2D eigenvalue weighted by Crippen LogP contribution is -2.33. The second-order valence-electron chi connectivity index (χ2n) is 6.51. The van der Waals surface area contributed by atoms with Gasteiger partial charge in [0.05, 0.1) is 22.9 Å². The average Bonchev–Trinajstić information content (AvgIpc) is 3.27. The number of piperidine rings is 1. The van der Waals surface area contributed by atoms with Gasteiger partial charge in [-0.3, -0.25) is 4.90 Å². The summed E-state index contributed by atoms with van der Waals surface area (Å²) in [7, 11) is 0. The van der Waals surface area contributed by atoms with Crippen molar-refractivity contribution in [2.45, 2.75) is 45.7 Å². The number of rotatable bonds is 4. The number of likely N-dealkylation sites (tertiary alicyclic amines) is 1. The standard InChI is InChI=1S/C18H22N6S/c1-12-17(25-11-21-12)10-24-8-4-3-5-16(24)14-9-15(23-13(2)22-14)18-19-6-7-20-18/h6-7,9,11,16H,3-5,8,10H2,1-2H3,(H,19,20)/t16-/m1/s1. The summed E-state index contributed by atoms with van der Waals surface area (Å²) in [6.07, 6.45) is 7.19. The third-order valence-corrected chi connectivity index (χ3v) is 5.67. The van der Waals surface area contributed by atoms with E-state index in [2.05, 4.69) is 37.8 Å². The number of aromatic nitrogens is 5. The Balaban J connectivity index is 1.65. The average molecular weight is 354 g/mol. The van der Waals surface area contributed by atoms with Crippen LogP contribution in [-0.2, 0) is 6.54 Å². The zero-order chi connectivity index (χ0) is 17.2. The first-order valence-corrected chi connectivity index (χ1v) is 9.57. The van der Waals surface area contributed by atoms with Gasteiger partial charge >= 0.3 is 0 Å². The van der Waals surface area contributed by atoms with Gasteiger partial charge in [-0.05, 0) is 39.3 Å². The molecule has 0 saturated carbocycles. The minimum Gasteiger partial charge on any atom is -0.343 e. The van der Waals surface area contributed by atoms with Gasteiger partial charge in [0, 0.05) is 23.8 Å². The highest BCUT2D eigenvalue weighted by Gasteiger charge is 2.27. The van der Waals surface area contributed by atoms with Gasteiger partial charge in [0.25, 0.3) is 0 Å². The maximum absolute atomic E-state index is 4.76. The topological polar surface area (TPSA) is 70.6 Å². The molecular formula is C18H22N6S. The lowest BCUT2D eigenvalue weighted by atomic mass is 9.98. The van der Waals surface area contributed by atoms with Crippen LogP contribution < -0.4 is 0 Å². The van der Waals surface area contributed by atoms with Gasteiger partial charge in [-0.25, -0.2) is 19.9 Å². The molecule has 1 N–H and O–H groups in total. The normalized spacial score (nSPS) is 18.6. The van der Waals surface area contributed by atoms with Crippen molar-refractivity contribution in [3.63, 3.8) is 0 Å². The van der Waals surface area contributed by atoms with Crippen LogP contribution in [-0.4, -0.2) is 36.4 Å². The smallest absolute Gasteiger partial charge is 0.156 e. The Bertz CT molecular complexity index is 841. The number of aromatic amines is 1. The molecule has 0 bridgehead atoms. The van der Waals surface area contributed by atoms with E-state index in [0.717, 1.165) is 48.2 Å². The Morgan fingerprint density at radius 1 is 1.24 bits per heavy atom. The summed E-state index contributed by atoms with van der Waals surface area (Å²) in [6, 6.07) is 2.42. The van der Waals surface area contributed by atoms with Crippen molar-refractivity contribution in [1.82, 2.24) is 29.8 Å². The molecule has 130 valence electrons. The van der Waals surface area contributed by atoms with Crippen LogP contribution in [0.2, 0.25) is 0 Å². The third-order valence-electron chi connectivity index (χ3n) is 4.75. The van der Waals surface area contributed by atoms with Gasteiger partial charge in [0.1, 0.15) is 11.5 Å². The molecule has 0 radical (unpaired) electrons. The molecule has 0 aromatic carbocycles. The molecule has 3 aromatic heterocycles. The molecule has 1 aliphatic rings. The van der Waals surface area contributed by atoms with Crippen LogP contribution >= 0.6 is 11.3 Å². The minimum atomic E-state index is 0.325. The number of H-pyrrole nitrogens is 1. The Morgan fingerprint density at radius 2 is 2.16 bits per heavy atom. The summed E-state index contributed by atoms with van der Waals surface area (Å²) in [5.74, 6) is 1.59. The monoisotopic (exact) mass is 354 g/mol. The van der Waals surface area contributed by atoms with Gasteiger partial charge in [-0.1, -0.05) is 6.42 Å². The number of nitrogens with one attached hydrogen (secondary N) is 1. The van der Waals surface area contributed by atoms with Crippen LogP contribution in [0.4, 0.5) is 0 Å². The maximum Gasteiger partial charge on any atom is 0.156 e. The minimum absolute atomic E-state index is 0.325. The predicted molar refractivity (Wildman–Crippen MR) is 98.2 cm³/mol. The lowest BCUT2D eigenvalue weighted by molar-refractivity contribution is 0.138. The van der Waals surface area contributed by atoms with Crippen molar-refractivity contribution in [3.8, 4) is 11.5 Å². The summed E-state index contributed by atoms with van der Waals surface area (Å²) in [5.41, 5.74) is 5.05. The number of hydrogen-bond donors (Lipinski definition) is 1. The first-order chi connectivity index (χ1) is 12.2. The fourth-order valence-corrected chi connectivity index (χ4v) is 4.27. The van der Waals surface area contributed by atoms with Crippen molar-refractivity contribution >= 4 is 11.3 Å². The second kappa shape index (κ2) is 7.01. The van der Waals surface area contributed by atoms with Crippen LogP contribution in [0.1, 0.15) is 47.4 Å². The van der Waals surface area contributed by atoms with Crippen molar-refractivity contribution in [2.24, 2.45) is 0 Å². The van der Waals surface area contributed by atoms with Gasteiger partial charge < -0.3 is 4.98 Å². The molecule has 0 aliphatic carbocycles. The van der Waals surface area contributed by atoms with Gasteiger partial charge in [0.15, 0.2) is 5.82 Å². The van der Waals surface area contributed by atoms with E-state index < -0.39 is 0 Å². The number of thiazole rings is 1. The highest BCUT2D eigenvalue weighted by molar-refractivity contribution is 7.09. The summed E-state index contributed by atoms with van der Waals surface area (Å²) in [4.78, 5) is 25.1. The number of imidazole rings is 1. The SMILES string of the molecule is Cc1nc(-c2ncc[nH]2)cc([C@H]2CCCCN2Cc2scnc2C)n1. The van der Waals surface area contributed by atoms with E-state index in [1.54, 1.807) is 17.5 Å². The molecule has 25 heavy (non-hydrogen) atoms. The van der Waals surface area contributed by atoms with E-state index >= 15 is 0 Å². The molecule has 4 rings (SSSR count). The first-order valence-electron chi connectivity index (χ1n) is 8.69. The van der Waals surface area contributed by atoms with Crippen LogP contribution in [0.5, 0.6) is 0 Å². The zero-order valence-corrected chi connectivity index (χ0v) is 15.4. The Labute approximate surface area is 151 Å². The molecular weight excluding hydrogens is 332 g/mol. The van der Waals surface area contributed by atoms with E-state index in [9.17, 15) is 0 Å². The molecule has 1 atom stereocenters. The summed E-state index contributed by atoms with van der Waals surface area (Å²) in [5, 5.41) is 0. The Hall–Kier alpha value is -2.12. The molecule has 0 unspecified atom stereocenters. The molecule has 0 amide bonds. The highest BCUT2D eigenvalue weighted by atomic mass is 32.1. The highest BCUT2D eigenvalue weighted by Crippen LogP contribution is 2.33. The van der Waals surface area contributed by atoms with Crippen LogP contribution in [0, 0.1) is 13.8 Å². The third kappa shape index (κ3) is 3.48. The molecule has 1 aliphatic heterocycles. The lowest BCUT2D eigenvalue weighted by Gasteiger charge is -2.35. The number of hydrogen-bond acceptors (Lipinski definition) is 6. The predicted octanol–water partition coefficient (Wildman–Crippen LogP) is 3.67. The first kappa shape index (κ1) is 16.4. The van der Waals surface area contributed by atoms with Crippen molar-refractivity contribution in [1.29, 1.82) is 0 Å². The van der Waals surface area contributed by atoms with Crippen LogP contribution in [0.15, 0.2) is 24.0 Å². The fraction of sp³-hybridized carbons (Fsp3) is 0.444.